The third-order valence-corrected chi connectivity index (χ3v) is 4.68. The molecule has 0 fully saturated rings. The van der Waals surface area contributed by atoms with E-state index in [9.17, 15) is 0 Å². The van der Waals surface area contributed by atoms with Gasteiger partial charge >= 0.3 is 0 Å². The van der Waals surface area contributed by atoms with Gasteiger partial charge in [0.15, 0.2) is 23.6 Å². The fraction of sp³-hybridized carbons (Fsp3) is 0. The summed E-state index contributed by atoms with van der Waals surface area (Å²) in [5.41, 5.74) is 2.56. The Bertz CT molecular complexity index is 1120. The molecule has 0 atom stereocenters. The van der Waals surface area contributed by atoms with Crippen LogP contribution in [0.1, 0.15) is 11.1 Å². The first-order valence-electron chi connectivity index (χ1n) is 8.10. The first kappa shape index (κ1) is 17.7. The number of fused-ring (bicyclic) bond motifs is 1. The first-order chi connectivity index (χ1) is 13.3. The smallest absolute Gasteiger partial charge is 0.170 e. The lowest BCUT2D eigenvalue weighted by molar-refractivity contribution is -0.0785. The Balaban J connectivity index is 1.60. The number of hydrogen-bond acceptors (Lipinski definition) is 4. The van der Waals surface area contributed by atoms with Crippen LogP contribution in [0.5, 0.6) is 5.75 Å². The average molecular weight is 437 g/mol. The van der Waals surface area contributed by atoms with Crippen molar-refractivity contribution in [2.45, 2.75) is 0 Å². The number of benzene rings is 2. The van der Waals surface area contributed by atoms with E-state index in [1.54, 1.807) is 10.2 Å². The number of nitrogens with zero attached hydrogens (tertiary/aromatic N) is 2. The van der Waals surface area contributed by atoms with E-state index < -0.39 is 0 Å². The van der Waals surface area contributed by atoms with Gasteiger partial charge in [-0.15, -0.1) is 0 Å². The molecule has 27 heavy (non-hydrogen) atoms. The van der Waals surface area contributed by atoms with Crippen molar-refractivity contribution in [3.05, 3.63) is 94.7 Å². The molecule has 0 bridgehead atoms. The third-order valence-electron chi connectivity index (χ3n) is 3.68. The van der Waals surface area contributed by atoms with Crippen molar-refractivity contribution in [2.75, 3.05) is 0 Å². The van der Waals surface area contributed by atoms with E-state index in [0.717, 1.165) is 38.9 Å². The van der Waals surface area contributed by atoms with Crippen molar-refractivity contribution < 1.29 is 9.22 Å². The maximum Gasteiger partial charge on any atom is 0.170 e. The standard InChI is InChI=1S/C21H13BrN2O2S/c22-18-13-20-17(12-11-16-7-3-1-4-8-16)15-24(21(20)23-14-18)27-26-25-19-9-5-2-6-10-19/h1-10,13-15H. The number of hydrogen-bond donors (Lipinski definition) is 0. The predicted molar refractivity (Wildman–Crippen MR) is 111 cm³/mol. The number of aromatic nitrogens is 2. The van der Waals surface area contributed by atoms with Crippen LogP contribution in [0, 0.1) is 11.8 Å². The summed E-state index contributed by atoms with van der Waals surface area (Å²) < 4.78 is 7.98. The van der Waals surface area contributed by atoms with Crippen molar-refractivity contribution in [2.24, 2.45) is 0 Å². The lowest BCUT2D eigenvalue weighted by atomic mass is 10.2. The van der Waals surface area contributed by atoms with Gasteiger partial charge < -0.3 is 4.89 Å². The Labute approximate surface area is 169 Å². The van der Waals surface area contributed by atoms with Crippen LogP contribution < -0.4 is 4.89 Å². The molecule has 0 spiro atoms. The van der Waals surface area contributed by atoms with Crippen LogP contribution in [0.4, 0.5) is 0 Å². The van der Waals surface area contributed by atoms with Crippen LogP contribution in [0.3, 0.4) is 0 Å². The Morgan fingerprint density at radius 1 is 0.963 bits per heavy atom. The second-order valence-corrected chi connectivity index (χ2v) is 7.14. The largest absolute Gasteiger partial charge is 0.324 e. The second kappa shape index (κ2) is 8.31. The lowest BCUT2D eigenvalue weighted by Gasteiger charge is -2.03. The molecule has 2 aromatic carbocycles. The molecule has 132 valence electrons. The van der Waals surface area contributed by atoms with Gasteiger partial charge in [0, 0.05) is 27.8 Å². The summed E-state index contributed by atoms with van der Waals surface area (Å²) in [5.74, 6) is 7.02. The highest BCUT2D eigenvalue weighted by molar-refractivity contribution is 9.10. The van der Waals surface area contributed by atoms with Gasteiger partial charge in [-0.2, -0.15) is 0 Å². The highest BCUT2D eigenvalue weighted by Gasteiger charge is 2.11. The van der Waals surface area contributed by atoms with Crippen LogP contribution in [-0.4, -0.2) is 8.96 Å². The number of halogens is 1. The Kier molecular flexibility index (Phi) is 5.45. The van der Waals surface area contributed by atoms with E-state index in [2.05, 4.69) is 32.8 Å². The van der Waals surface area contributed by atoms with Gasteiger partial charge in [-0.1, -0.05) is 52.6 Å². The molecule has 0 unspecified atom stereocenters. The topological polar surface area (TPSA) is 36.3 Å². The zero-order valence-electron chi connectivity index (χ0n) is 14.0. The van der Waals surface area contributed by atoms with Crippen LogP contribution in [0.2, 0.25) is 0 Å². The molecule has 0 N–H and O–H groups in total. The van der Waals surface area contributed by atoms with E-state index in [-0.39, 0.29) is 0 Å². The maximum atomic E-state index is 5.30. The molecule has 0 saturated heterocycles. The van der Waals surface area contributed by atoms with Gasteiger partial charge in [-0.25, -0.2) is 8.96 Å². The fourth-order valence-corrected chi connectivity index (χ4v) is 3.30. The highest BCUT2D eigenvalue weighted by atomic mass is 79.9. The van der Waals surface area contributed by atoms with Gasteiger partial charge in [0.05, 0.1) is 5.56 Å². The molecule has 0 aliphatic carbocycles. The molecule has 2 aromatic heterocycles. The summed E-state index contributed by atoms with van der Waals surface area (Å²) in [6.07, 6.45) is 3.63. The van der Waals surface area contributed by atoms with E-state index in [4.69, 9.17) is 9.22 Å². The molecular weight excluding hydrogens is 424 g/mol. The molecule has 2 heterocycles. The zero-order valence-corrected chi connectivity index (χ0v) is 16.4. The molecule has 4 nitrogen and oxygen atoms in total. The van der Waals surface area contributed by atoms with E-state index in [1.165, 1.54) is 0 Å². The van der Waals surface area contributed by atoms with Crippen LogP contribution in [0.15, 0.2) is 83.6 Å². The van der Waals surface area contributed by atoms with Gasteiger partial charge in [-0.3, -0.25) is 0 Å². The molecule has 4 aromatic rings. The normalized spacial score (nSPS) is 10.4. The van der Waals surface area contributed by atoms with Gasteiger partial charge in [-0.05, 0) is 46.3 Å². The Morgan fingerprint density at radius 3 is 2.48 bits per heavy atom. The molecule has 0 radical (unpaired) electrons. The summed E-state index contributed by atoms with van der Waals surface area (Å²) in [6, 6.07) is 21.2. The Hall–Kier alpha value is -2.72. The molecule has 0 aliphatic heterocycles. The SMILES string of the molecule is Brc1cnc2c(c1)c(C#Cc1ccccc1)cn2SOOc1ccccc1. The van der Waals surface area contributed by atoms with Gasteiger partial charge in [0.1, 0.15) is 0 Å². The van der Waals surface area contributed by atoms with Crippen LogP contribution in [-0.2, 0) is 4.33 Å². The van der Waals surface area contributed by atoms with Crippen molar-refractivity contribution in [1.29, 1.82) is 0 Å². The summed E-state index contributed by atoms with van der Waals surface area (Å²) in [4.78, 5) is 9.76. The quantitative estimate of drug-likeness (QED) is 0.180. The van der Waals surface area contributed by atoms with Crippen molar-refractivity contribution in [3.8, 4) is 17.6 Å². The minimum atomic E-state index is 0.626. The summed E-state index contributed by atoms with van der Waals surface area (Å²) in [6.45, 7) is 0. The molecule has 6 heteroatoms. The van der Waals surface area contributed by atoms with Crippen molar-refractivity contribution >= 4 is 39.2 Å². The minimum Gasteiger partial charge on any atom is -0.324 e. The van der Waals surface area contributed by atoms with Gasteiger partial charge in [0.25, 0.3) is 0 Å². The van der Waals surface area contributed by atoms with E-state index in [0.29, 0.717) is 5.75 Å². The Morgan fingerprint density at radius 2 is 1.70 bits per heavy atom. The lowest BCUT2D eigenvalue weighted by Crippen LogP contribution is -1.94. The van der Waals surface area contributed by atoms with Crippen molar-refractivity contribution in [1.82, 2.24) is 8.96 Å². The summed E-state index contributed by atoms with van der Waals surface area (Å²) in [7, 11) is 0. The minimum absolute atomic E-state index is 0.626. The maximum absolute atomic E-state index is 5.30. The van der Waals surface area contributed by atoms with Gasteiger partial charge in [0.2, 0.25) is 0 Å². The predicted octanol–water partition coefficient (Wildman–Crippen LogP) is 5.62. The summed E-state index contributed by atoms with van der Waals surface area (Å²) in [5, 5.41) is 0.934. The van der Waals surface area contributed by atoms with E-state index in [1.807, 2.05) is 72.9 Å². The zero-order chi connectivity index (χ0) is 18.5. The third kappa shape index (κ3) is 4.34. The fourth-order valence-electron chi connectivity index (χ4n) is 2.43. The summed E-state index contributed by atoms with van der Waals surface area (Å²) >= 11 is 4.51. The van der Waals surface area contributed by atoms with Crippen LogP contribution in [0.25, 0.3) is 11.0 Å². The number of pyridine rings is 1. The van der Waals surface area contributed by atoms with Crippen LogP contribution >= 0.6 is 28.2 Å². The molecular formula is C21H13BrN2O2S. The van der Waals surface area contributed by atoms with E-state index >= 15 is 0 Å². The molecule has 0 aliphatic rings. The molecule has 0 saturated carbocycles. The van der Waals surface area contributed by atoms with Crippen molar-refractivity contribution in [3.63, 3.8) is 0 Å². The number of rotatable bonds is 4. The number of para-hydroxylation sites is 1. The highest BCUT2D eigenvalue weighted by Crippen LogP contribution is 2.27. The second-order valence-electron chi connectivity index (χ2n) is 5.55. The molecule has 4 rings (SSSR count). The molecule has 0 amide bonds. The monoisotopic (exact) mass is 436 g/mol. The first-order valence-corrected chi connectivity index (χ1v) is 9.59. The average Bonchev–Trinajstić information content (AvgIpc) is 3.05.